The first-order chi connectivity index (χ1) is 17.3. The third kappa shape index (κ3) is 5.24. The van der Waals surface area contributed by atoms with Crippen molar-refractivity contribution in [3.8, 4) is 0 Å². The highest BCUT2D eigenvalue weighted by atomic mass is 35.5. The molecule has 4 rings (SSSR count). The van der Waals surface area contributed by atoms with Crippen LogP contribution in [0.2, 0.25) is 5.02 Å². The number of nitrogens with one attached hydrogen (secondary N) is 3. The van der Waals surface area contributed by atoms with Gasteiger partial charge < -0.3 is 25.3 Å². The number of carbonyl (C=O) groups is 3. The van der Waals surface area contributed by atoms with E-state index in [1.54, 1.807) is 17.9 Å². The lowest BCUT2D eigenvalue weighted by molar-refractivity contribution is -0.132. The van der Waals surface area contributed by atoms with E-state index in [2.05, 4.69) is 20.6 Å². The predicted octanol–water partition coefficient (Wildman–Crippen LogP) is 3.37. The fourth-order valence-corrected chi connectivity index (χ4v) is 5.43. The number of benzene rings is 1. The Morgan fingerprint density at radius 2 is 2.03 bits per heavy atom. The Bertz CT molecular complexity index is 1150. The zero-order valence-electron chi connectivity index (χ0n) is 20.5. The highest BCUT2D eigenvalue weighted by Gasteiger charge is 2.47. The van der Waals surface area contributed by atoms with Gasteiger partial charge in [-0.05, 0) is 63.1 Å². The maximum Gasteiger partial charge on any atom is 0.272 e. The number of anilines is 1. The molecular weight excluding hydrogens is 489 g/mol. The minimum Gasteiger partial charge on any atom is -0.383 e. The summed E-state index contributed by atoms with van der Waals surface area (Å²) >= 11 is 6.30. The van der Waals surface area contributed by atoms with E-state index in [0.29, 0.717) is 56.6 Å². The summed E-state index contributed by atoms with van der Waals surface area (Å²) in [6.45, 7) is 2.86. The van der Waals surface area contributed by atoms with Gasteiger partial charge in [-0.25, -0.2) is 9.37 Å². The number of halogens is 2. The van der Waals surface area contributed by atoms with Crippen LogP contribution in [0.3, 0.4) is 0 Å². The number of methoxy groups -OCH3 is 1. The Balaban J connectivity index is 1.39. The van der Waals surface area contributed by atoms with Gasteiger partial charge in [-0.3, -0.25) is 14.4 Å². The number of aromatic amines is 1. The van der Waals surface area contributed by atoms with Gasteiger partial charge >= 0.3 is 0 Å². The molecule has 2 fully saturated rings. The first kappa shape index (κ1) is 26.1. The topological polar surface area (TPSA) is 116 Å². The van der Waals surface area contributed by atoms with E-state index in [-0.39, 0.29) is 28.4 Å². The van der Waals surface area contributed by atoms with E-state index in [4.69, 9.17) is 16.3 Å². The molecule has 11 heteroatoms. The second-order valence-corrected chi connectivity index (χ2v) is 9.92. The molecule has 36 heavy (non-hydrogen) atoms. The summed E-state index contributed by atoms with van der Waals surface area (Å²) in [7, 11) is 1.53. The maximum absolute atomic E-state index is 13.9. The number of ether oxygens (including phenoxy) is 1. The lowest BCUT2D eigenvalue weighted by atomic mass is 9.67. The first-order valence-corrected chi connectivity index (χ1v) is 12.5. The number of aryl methyl sites for hydroxylation is 1. The number of rotatable bonds is 7. The molecule has 9 nitrogen and oxygen atoms in total. The average Bonchev–Trinajstić information content (AvgIpc) is 3.35. The minimum absolute atomic E-state index is 0.00928. The number of piperidine rings is 1. The Kier molecular flexibility index (Phi) is 7.94. The summed E-state index contributed by atoms with van der Waals surface area (Å²) < 4.78 is 18.8. The maximum atomic E-state index is 13.9. The van der Waals surface area contributed by atoms with Crippen molar-refractivity contribution in [3.63, 3.8) is 0 Å². The van der Waals surface area contributed by atoms with Crippen molar-refractivity contribution in [2.75, 3.05) is 31.7 Å². The van der Waals surface area contributed by atoms with Crippen LogP contribution in [-0.2, 0) is 9.53 Å². The molecule has 0 bridgehead atoms. The van der Waals surface area contributed by atoms with Crippen LogP contribution >= 0.6 is 11.6 Å². The van der Waals surface area contributed by atoms with Crippen LogP contribution in [0, 0.1) is 18.2 Å². The van der Waals surface area contributed by atoms with E-state index in [9.17, 15) is 18.8 Å². The molecule has 0 radical (unpaired) electrons. The Labute approximate surface area is 214 Å². The van der Waals surface area contributed by atoms with Gasteiger partial charge in [0.15, 0.2) is 5.69 Å². The van der Waals surface area contributed by atoms with Crippen LogP contribution in [0.1, 0.15) is 65.1 Å². The zero-order chi connectivity index (χ0) is 25.9. The Morgan fingerprint density at radius 1 is 1.28 bits per heavy atom. The molecule has 1 aromatic heterocycles. The van der Waals surface area contributed by atoms with E-state index >= 15 is 0 Å². The van der Waals surface area contributed by atoms with Crippen molar-refractivity contribution in [1.82, 2.24) is 20.6 Å². The number of hydrogen-bond donors (Lipinski definition) is 3. The third-order valence-electron chi connectivity index (χ3n) is 7.21. The van der Waals surface area contributed by atoms with Crippen LogP contribution in [-0.4, -0.2) is 60.5 Å². The summed E-state index contributed by atoms with van der Waals surface area (Å²) in [6, 6.07) is 2.76. The van der Waals surface area contributed by atoms with Gasteiger partial charge in [0, 0.05) is 31.7 Å². The van der Waals surface area contributed by atoms with Gasteiger partial charge in [0.05, 0.1) is 23.6 Å². The first-order valence-electron chi connectivity index (χ1n) is 12.1. The molecule has 0 unspecified atom stereocenters. The largest absolute Gasteiger partial charge is 0.383 e. The molecule has 1 aromatic carbocycles. The van der Waals surface area contributed by atoms with Crippen LogP contribution < -0.4 is 15.5 Å². The fraction of sp³-hybridized carbons (Fsp3) is 0.520. The Morgan fingerprint density at radius 3 is 2.75 bits per heavy atom. The standard InChI is InChI=1S/C25H31ClFN5O4/c1-15-12-19(17(26)13-18(15)27)32-10-3-6-25(24(32)35)7-4-16(5-8-25)31-23(34)21-20(29-14-30-21)22(33)28-9-11-36-2/h12-14,16H,3-11H2,1-2H3,(H,28,33)(H,29,30)(H,31,34)/t16-,25-. The molecular formula is C25H31ClFN5O4. The summed E-state index contributed by atoms with van der Waals surface area (Å²) in [5, 5.41) is 5.87. The number of nitrogens with zero attached hydrogens (tertiary/aromatic N) is 2. The van der Waals surface area contributed by atoms with Crippen LogP contribution in [0.15, 0.2) is 18.5 Å². The van der Waals surface area contributed by atoms with E-state index in [0.717, 1.165) is 12.8 Å². The number of amides is 3. The number of H-pyrrole nitrogens is 1. The van der Waals surface area contributed by atoms with Gasteiger partial charge in [-0.15, -0.1) is 0 Å². The van der Waals surface area contributed by atoms with E-state index in [1.807, 2.05) is 0 Å². The molecule has 0 atom stereocenters. The molecule has 1 spiro atoms. The SMILES string of the molecule is COCCNC(=O)c1nc[nH]c1C(=O)N[C@H]1CC[C@@]2(CCCN(c3cc(C)c(F)cc3Cl)C2=O)CC1. The van der Waals surface area contributed by atoms with Crippen molar-refractivity contribution in [3.05, 3.63) is 46.3 Å². The van der Waals surface area contributed by atoms with Crippen LogP contribution in [0.5, 0.6) is 0 Å². The zero-order valence-corrected chi connectivity index (χ0v) is 21.2. The molecule has 1 aliphatic carbocycles. The lowest BCUT2D eigenvalue weighted by Crippen LogP contribution is -2.52. The molecule has 3 N–H and O–H groups in total. The smallest absolute Gasteiger partial charge is 0.272 e. The summed E-state index contributed by atoms with van der Waals surface area (Å²) in [5.74, 6) is -1.25. The molecule has 3 amide bonds. The Hall–Kier alpha value is -2.98. The van der Waals surface area contributed by atoms with Crippen molar-refractivity contribution in [1.29, 1.82) is 0 Å². The monoisotopic (exact) mass is 519 g/mol. The fourth-order valence-electron chi connectivity index (χ4n) is 5.18. The molecule has 2 aliphatic rings. The molecule has 194 valence electrons. The van der Waals surface area contributed by atoms with E-state index < -0.39 is 23.0 Å². The second kappa shape index (κ2) is 11.0. The highest BCUT2D eigenvalue weighted by Crippen LogP contribution is 2.46. The quantitative estimate of drug-likeness (QED) is 0.485. The molecule has 1 saturated carbocycles. The molecule has 1 aliphatic heterocycles. The highest BCUT2D eigenvalue weighted by molar-refractivity contribution is 6.34. The van der Waals surface area contributed by atoms with Gasteiger partial charge in [0.1, 0.15) is 11.5 Å². The van der Waals surface area contributed by atoms with Crippen molar-refractivity contribution >= 4 is 35.0 Å². The summed E-state index contributed by atoms with van der Waals surface area (Å²) in [6.07, 6.45) is 5.42. The number of hydrogen-bond acceptors (Lipinski definition) is 5. The second-order valence-electron chi connectivity index (χ2n) is 9.52. The third-order valence-corrected chi connectivity index (χ3v) is 7.51. The van der Waals surface area contributed by atoms with Crippen molar-refractivity contribution < 1.29 is 23.5 Å². The number of carbonyl (C=O) groups excluding carboxylic acids is 3. The minimum atomic E-state index is -0.522. The van der Waals surface area contributed by atoms with Gasteiger partial charge in [-0.2, -0.15) is 0 Å². The summed E-state index contributed by atoms with van der Waals surface area (Å²) in [5.41, 5.74) is 0.599. The molecule has 2 aromatic rings. The van der Waals surface area contributed by atoms with Gasteiger partial charge in [-0.1, -0.05) is 11.6 Å². The van der Waals surface area contributed by atoms with Crippen molar-refractivity contribution in [2.24, 2.45) is 5.41 Å². The molecule has 1 saturated heterocycles. The van der Waals surface area contributed by atoms with Crippen molar-refractivity contribution in [2.45, 2.75) is 51.5 Å². The molecule has 2 heterocycles. The lowest BCUT2D eigenvalue weighted by Gasteiger charge is -2.45. The van der Waals surface area contributed by atoms with Crippen LogP contribution in [0.4, 0.5) is 10.1 Å². The van der Waals surface area contributed by atoms with Crippen LogP contribution in [0.25, 0.3) is 0 Å². The van der Waals surface area contributed by atoms with Gasteiger partial charge in [0.25, 0.3) is 11.8 Å². The normalized spacial score (nSPS) is 22.1. The van der Waals surface area contributed by atoms with E-state index in [1.165, 1.54) is 19.5 Å². The summed E-state index contributed by atoms with van der Waals surface area (Å²) in [4.78, 5) is 47.3. The average molecular weight is 520 g/mol. The number of aromatic nitrogens is 2. The number of imidazole rings is 1. The van der Waals surface area contributed by atoms with Gasteiger partial charge in [0.2, 0.25) is 5.91 Å². The predicted molar refractivity (Wildman–Crippen MR) is 133 cm³/mol.